The van der Waals surface area contributed by atoms with Crippen LogP contribution in [0.15, 0.2) is 36.0 Å². The topological polar surface area (TPSA) is 53.4 Å². The molecule has 0 saturated heterocycles. The Morgan fingerprint density at radius 2 is 2.33 bits per heavy atom. The molecule has 0 aromatic carbocycles. The summed E-state index contributed by atoms with van der Waals surface area (Å²) < 4.78 is 0. The highest BCUT2D eigenvalue weighted by molar-refractivity contribution is 7.09. The Hall–Kier alpha value is -1.88. The Morgan fingerprint density at radius 3 is 3.00 bits per heavy atom. The van der Waals surface area contributed by atoms with Crippen molar-refractivity contribution in [2.45, 2.75) is 6.42 Å². The summed E-state index contributed by atoms with van der Waals surface area (Å²) in [6.45, 7) is 0.648. The van der Waals surface area contributed by atoms with Crippen LogP contribution in [0.1, 0.15) is 15.2 Å². The fourth-order valence-electron chi connectivity index (χ4n) is 1.60. The molecule has 0 bridgehead atoms. The number of thiophene rings is 1. The summed E-state index contributed by atoms with van der Waals surface area (Å²) in [5, 5.41) is 11.3. The number of carbonyl (C=O) groups excluding carboxylic acids is 1. The highest BCUT2D eigenvalue weighted by Crippen LogP contribution is 2.12. The van der Waals surface area contributed by atoms with Gasteiger partial charge in [-0.25, -0.2) is 0 Å². The van der Waals surface area contributed by atoms with Crippen LogP contribution in [0.5, 0.6) is 5.75 Å². The molecule has 0 aliphatic carbocycles. The second-order valence-electron chi connectivity index (χ2n) is 3.99. The first-order valence-corrected chi connectivity index (χ1v) is 6.46. The molecule has 2 heterocycles. The van der Waals surface area contributed by atoms with E-state index in [4.69, 9.17) is 0 Å². The summed E-state index contributed by atoms with van der Waals surface area (Å²) >= 11 is 1.68. The SMILES string of the molecule is CN(CCc1cccs1)C(=O)c1cncc(O)c1. The van der Waals surface area contributed by atoms with Crippen molar-refractivity contribution in [2.75, 3.05) is 13.6 Å². The number of rotatable bonds is 4. The third-order valence-corrected chi connectivity index (χ3v) is 3.53. The number of likely N-dealkylation sites (N-methyl/N-ethyl adjacent to an activating group) is 1. The first-order valence-electron chi connectivity index (χ1n) is 5.58. The standard InChI is InChI=1S/C13H14N2O2S/c1-15(5-4-12-3-2-6-18-12)13(17)10-7-11(16)9-14-8-10/h2-3,6-9,16H,4-5H2,1H3. The fraction of sp³-hybridized carbons (Fsp3) is 0.231. The molecule has 0 fully saturated rings. The van der Waals surface area contributed by atoms with E-state index in [-0.39, 0.29) is 11.7 Å². The Labute approximate surface area is 110 Å². The average molecular weight is 262 g/mol. The van der Waals surface area contributed by atoms with Crippen molar-refractivity contribution in [1.29, 1.82) is 0 Å². The number of hydrogen-bond acceptors (Lipinski definition) is 4. The van der Waals surface area contributed by atoms with E-state index in [1.54, 1.807) is 23.3 Å². The van der Waals surface area contributed by atoms with Gasteiger partial charge >= 0.3 is 0 Å². The van der Waals surface area contributed by atoms with Crippen molar-refractivity contribution in [2.24, 2.45) is 0 Å². The minimum atomic E-state index is -0.130. The molecule has 0 unspecified atom stereocenters. The molecule has 0 saturated carbocycles. The monoisotopic (exact) mass is 262 g/mol. The Balaban J connectivity index is 1.96. The van der Waals surface area contributed by atoms with Crippen molar-refractivity contribution in [3.63, 3.8) is 0 Å². The van der Waals surface area contributed by atoms with Gasteiger partial charge in [0.25, 0.3) is 5.91 Å². The van der Waals surface area contributed by atoms with Crippen molar-refractivity contribution in [1.82, 2.24) is 9.88 Å². The predicted molar refractivity (Wildman–Crippen MR) is 70.9 cm³/mol. The van der Waals surface area contributed by atoms with Gasteiger partial charge in [0, 0.05) is 24.7 Å². The van der Waals surface area contributed by atoms with Gasteiger partial charge < -0.3 is 10.0 Å². The molecule has 0 aliphatic heterocycles. The summed E-state index contributed by atoms with van der Waals surface area (Å²) in [6.07, 6.45) is 3.61. The third kappa shape index (κ3) is 3.07. The zero-order chi connectivity index (χ0) is 13.0. The molecule has 2 aromatic heterocycles. The lowest BCUT2D eigenvalue weighted by Gasteiger charge is -2.16. The van der Waals surface area contributed by atoms with Gasteiger partial charge in [0.1, 0.15) is 5.75 Å². The van der Waals surface area contributed by atoms with Crippen molar-refractivity contribution in [3.8, 4) is 5.75 Å². The quantitative estimate of drug-likeness (QED) is 0.918. The summed E-state index contributed by atoms with van der Waals surface area (Å²) in [7, 11) is 1.75. The lowest BCUT2D eigenvalue weighted by molar-refractivity contribution is 0.0796. The van der Waals surface area contributed by atoms with E-state index >= 15 is 0 Å². The molecule has 2 aromatic rings. The molecule has 4 nitrogen and oxygen atoms in total. The second-order valence-corrected chi connectivity index (χ2v) is 5.02. The largest absolute Gasteiger partial charge is 0.506 e. The number of aromatic nitrogens is 1. The number of nitrogens with zero attached hydrogens (tertiary/aromatic N) is 2. The lowest BCUT2D eigenvalue weighted by atomic mass is 10.2. The molecular formula is C13H14N2O2S. The second kappa shape index (κ2) is 5.64. The van der Waals surface area contributed by atoms with Crippen molar-refractivity contribution in [3.05, 3.63) is 46.4 Å². The number of aromatic hydroxyl groups is 1. The number of pyridine rings is 1. The maximum atomic E-state index is 12.0. The van der Waals surface area contributed by atoms with E-state index in [0.29, 0.717) is 12.1 Å². The van der Waals surface area contributed by atoms with Crippen LogP contribution in [0.3, 0.4) is 0 Å². The summed E-state index contributed by atoms with van der Waals surface area (Å²) in [5.41, 5.74) is 0.406. The van der Waals surface area contributed by atoms with Crippen LogP contribution in [-0.2, 0) is 6.42 Å². The minimum Gasteiger partial charge on any atom is -0.506 e. The third-order valence-electron chi connectivity index (χ3n) is 2.59. The Bertz CT molecular complexity index is 526. The number of hydrogen-bond donors (Lipinski definition) is 1. The summed E-state index contributed by atoms with van der Waals surface area (Å²) in [6, 6.07) is 5.48. The molecule has 1 amide bonds. The molecule has 18 heavy (non-hydrogen) atoms. The fourth-order valence-corrected chi connectivity index (χ4v) is 2.30. The smallest absolute Gasteiger partial charge is 0.255 e. The van der Waals surface area contributed by atoms with Crippen LogP contribution < -0.4 is 0 Å². The average Bonchev–Trinajstić information content (AvgIpc) is 2.88. The van der Waals surface area contributed by atoms with Gasteiger partial charge in [-0.15, -0.1) is 11.3 Å². The maximum Gasteiger partial charge on any atom is 0.255 e. The van der Waals surface area contributed by atoms with Crippen LogP contribution in [0, 0.1) is 0 Å². The van der Waals surface area contributed by atoms with Crippen molar-refractivity contribution < 1.29 is 9.90 Å². The van der Waals surface area contributed by atoms with E-state index in [0.717, 1.165) is 6.42 Å². The normalized spacial score (nSPS) is 10.3. The van der Waals surface area contributed by atoms with Crippen LogP contribution in [-0.4, -0.2) is 34.5 Å². The van der Waals surface area contributed by atoms with Gasteiger partial charge in [-0.3, -0.25) is 9.78 Å². The molecular weight excluding hydrogens is 248 g/mol. The molecule has 0 spiro atoms. The maximum absolute atomic E-state index is 12.0. The molecule has 2 rings (SSSR count). The highest BCUT2D eigenvalue weighted by Gasteiger charge is 2.12. The molecule has 0 aliphatic rings. The van der Waals surface area contributed by atoms with Crippen LogP contribution in [0.25, 0.3) is 0 Å². The zero-order valence-corrected chi connectivity index (χ0v) is 10.9. The van der Waals surface area contributed by atoms with Gasteiger partial charge in [0.15, 0.2) is 0 Å². The molecule has 94 valence electrons. The number of carbonyl (C=O) groups is 1. The molecule has 5 heteroatoms. The first kappa shape index (κ1) is 12.6. The summed E-state index contributed by atoms with van der Waals surface area (Å²) in [4.78, 5) is 18.7. The highest BCUT2D eigenvalue weighted by atomic mass is 32.1. The van der Waals surface area contributed by atoms with E-state index in [9.17, 15) is 9.90 Å². The van der Waals surface area contributed by atoms with Gasteiger partial charge in [-0.05, 0) is 23.9 Å². The van der Waals surface area contributed by atoms with Gasteiger partial charge in [0.2, 0.25) is 0 Å². The van der Waals surface area contributed by atoms with Crippen LogP contribution in [0.2, 0.25) is 0 Å². The first-order chi connectivity index (χ1) is 8.66. The molecule has 0 atom stereocenters. The minimum absolute atomic E-state index is 0.00695. The predicted octanol–water partition coefficient (Wildman–Crippen LogP) is 2.16. The zero-order valence-electron chi connectivity index (χ0n) is 10.0. The number of amides is 1. The van der Waals surface area contributed by atoms with E-state index in [2.05, 4.69) is 11.1 Å². The summed E-state index contributed by atoms with van der Waals surface area (Å²) in [5.74, 6) is -0.123. The van der Waals surface area contributed by atoms with Gasteiger partial charge in [-0.2, -0.15) is 0 Å². The molecule has 0 radical (unpaired) electrons. The van der Waals surface area contributed by atoms with Crippen LogP contribution in [0.4, 0.5) is 0 Å². The van der Waals surface area contributed by atoms with Gasteiger partial charge in [0.05, 0.1) is 11.8 Å². The van der Waals surface area contributed by atoms with E-state index < -0.39 is 0 Å². The van der Waals surface area contributed by atoms with Crippen LogP contribution >= 0.6 is 11.3 Å². The molecule has 1 N–H and O–H groups in total. The van der Waals surface area contributed by atoms with E-state index in [1.807, 2.05) is 11.4 Å². The Kier molecular flexibility index (Phi) is 3.94. The lowest BCUT2D eigenvalue weighted by Crippen LogP contribution is -2.28. The van der Waals surface area contributed by atoms with E-state index in [1.165, 1.54) is 23.3 Å². The van der Waals surface area contributed by atoms with Gasteiger partial charge in [-0.1, -0.05) is 6.07 Å². The Morgan fingerprint density at radius 1 is 1.50 bits per heavy atom. The van der Waals surface area contributed by atoms with Crippen molar-refractivity contribution >= 4 is 17.2 Å².